The van der Waals surface area contributed by atoms with Crippen molar-refractivity contribution in [3.63, 3.8) is 0 Å². The highest BCUT2D eigenvalue weighted by atomic mass is 19.1. The van der Waals surface area contributed by atoms with Gasteiger partial charge in [0.15, 0.2) is 17.3 Å². The number of carboxylic acid groups (broad SMARTS) is 1. The van der Waals surface area contributed by atoms with Crippen LogP contribution in [0, 0.1) is 5.82 Å². The largest absolute Gasteiger partial charge is 0.490 e. The first-order valence-corrected chi connectivity index (χ1v) is 6.63. The van der Waals surface area contributed by atoms with E-state index >= 15 is 0 Å². The summed E-state index contributed by atoms with van der Waals surface area (Å²) in [6.07, 6.45) is 0.274. The summed E-state index contributed by atoms with van der Waals surface area (Å²) in [7, 11) is 3.52. The van der Waals surface area contributed by atoms with Gasteiger partial charge in [-0.2, -0.15) is 0 Å². The lowest BCUT2D eigenvalue weighted by Crippen LogP contribution is -2.16. The van der Waals surface area contributed by atoms with E-state index in [4.69, 9.17) is 9.84 Å². The van der Waals surface area contributed by atoms with Gasteiger partial charge in [0.2, 0.25) is 0 Å². The maximum atomic E-state index is 13.4. The van der Waals surface area contributed by atoms with Crippen LogP contribution in [0.3, 0.4) is 0 Å². The van der Waals surface area contributed by atoms with Crippen molar-refractivity contribution in [2.75, 3.05) is 25.6 Å². The number of halogens is 1. The molecule has 0 fully saturated rings. The van der Waals surface area contributed by atoms with E-state index in [2.05, 4.69) is 9.97 Å². The molecule has 0 aliphatic heterocycles. The van der Waals surface area contributed by atoms with Gasteiger partial charge in [0, 0.05) is 26.6 Å². The zero-order valence-electron chi connectivity index (χ0n) is 12.3. The van der Waals surface area contributed by atoms with Crippen LogP contribution in [0.25, 0.3) is 0 Å². The van der Waals surface area contributed by atoms with Gasteiger partial charge in [0.1, 0.15) is 11.6 Å². The lowest BCUT2D eigenvalue weighted by molar-refractivity contribution is 0.0690. The second kappa shape index (κ2) is 6.84. The first kappa shape index (κ1) is 15.7. The molecule has 1 heterocycles. The van der Waals surface area contributed by atoms with Crippen molar-refractivity contribution in [2.45, 2.75) is 6.42 Å². The molecule has 1 N–H and O–H groups in total. The first-order valence-electron chi connectivity index (χ1n) is 6.63. The Bertz CT molecular complexity index is 677. The van der Waals surface area contributed by atoms with Crippen LogP contribution < -0.4 is 9.64 Å². The molecular weight excluding hydrogens is 289 g/mol. The molecule has 2 rings (SSSR count). The summed E-state index contributed by atoms with van der Waals surface area (Å²) < 4.78 is 18.7. The van der Waals surface area contributed by atoms with Gasteiger partial charge in [-0.25, -0.2) is 19.2 Å². The van der Waals surface area contributed by atoms with Crippen molar-refractivity contribution < 1.29 is 19.0 Å². The fourth-order valence-electron chi connectivity index (χ4n) is 1.75. The number of aromatic carboxylic acids is 1. The smallest absolute Gasteiger partial charge is 0.354 e. The lowest BCUT2D eigenvalue weighted by Gasteiger charge is -2.13. The maximum absolute atomic E-state index is 13.4. The van der Waals surface area contributed by atoms with E-state index in [9.17, 15) is 9.18 Å². The van der Waals surface area contributed by atoms with Crippen LogP contribution in [0.5, 0.6) is 5.75 Å². The molecule has 22 heavy (non-hydrogen) atoms. The molecule has 6 nitrogen and oxygen atoms in total. The van der Waals surface area contributed by atoms with Gasteiger partial charge >= 0.3 is 5.97 Å². The van der Waals surface area contributed by atoms with Crippen LogP contribution in [-0.4, -0.2) is 41.7 Å². The Kier molecular flexibility index (Phi) is 4.88. The average Bonchev–Trinajstić information content (AvgIpc) is 2.49. The lowest BCUT2D eigenvalue weighted by atomic mass is 10.3. The maximum Gasteiger partial charge on any atom is 0.354 e. The summed E-state index contributed by atoms with van der Waals surface area (Å²) in [6.45, 7) is 0.150. The van der Waals surface area contributed by atoms with E-state index in [-0.39, 0.29) is 24.5 Å². The Morgan fingerprint density at radius 1 is 1.32 bits per heavy atom. The second-order valence-electron chi connectivity index (χ2n) is 4.76. The number of aromatic nitrogens is 2. The zero-order chi connectivity index (χ0) is 16.1. The summed E-state index contributed by atoms with van der Waals surface area (Å²) in [5.41, 5.74) is -0.0837. The van der Waals surface area contributed by atoms with E-state index in [0.29, 0.717) is 11.6 Å². The number of benzene rings is 1. The molecule has 0 saturated carbocycles. The molecular formula is C15H16FN3O3. The Hall–Kier alpha value is -2.70. The van der Waals surface area contributed by atoms with Crippen LogP contribution in [0.2, 0.25) is 0 Å². The van der Waals surface area contributed by atoms with E-state index in [0.717, 1.165) is 0 Å². The highest BCUT2D eigenvalue weighted by molar-refractivity contribution is 5.86. The Morgan fingerprint density at radius 3 is 2.68 bits per heavy atom. The zero-order valence-corrected chi connectivity index (χ0v) is 12.3. The predicted molar refractivity (Wildman–Crippen MR) is 78.9 cm³/mol. The summed E-state index contributed by atoms with van der Waals surface area (Å²) in [4.78, 5) is 21.0. The molecule has 0 amide bonds. The number of rotatable bonds is 6. The number of anilines is 1. The number of nitrogens with zero attached hydrogens (tertiary/aromatic N) is 3. The van der Waals surface area contributed by atoms with Gasteiger partial charge in [-0.05, 0) is 12.1 Å². The van der Waals surface area contributed by atoms with Crippen molar-refractivity contribution in [3.05, 3.63) is 47.7 Å². The number of carboxylic acids is 1. The molecule has 0 aliphatic rings. The molecule has 0 aliphatic carbocycles. The molecule has 0 bridgehead atoms. The third-order valence-corrected chi connectivity index (χ3v) is 2.86. The summed E-state index contributed by atoms with van der Waals surface area (Å²) >= 11 is 0. The van der Waals surface area contributed by atoms with Gasteiger partial charge in [0.05, 0.1) is 6.61 Å². The molecule has 7 heteroatoms. The quantitative estimate of drug-likeness (QED) is 0.880. The van der Waals surface area contributed by atoms with Crippen LogP contribution >= 0.6 is 0 Å². The van der Waals surface area contributed by atoms with Crippen molar-refractivity contribution in [1.29, 1.82) is 0 Å². The van der Waals surface area contributed by atoms with Crippen molar-refractivity contribution in [2.24, 2.45) is 0 Å². The minimum atomic E-state index is -1.12. The number of ether oxygens (including phenoxy) is 1. The monoisotopic (exact) mass is 305 g/mol. The highest BCUT2D eigenvalue weighted by Crippen LogP contribution is 2.16. The minimum Gasteiger partial charge on any atom is -0.490 e. The summed E-state index contributed by atoms with van der Waals surface area (Å²) in [6, 6.07) is 7.47. The Labute approximate surface area is 127 Å². The molecule has 0 atom stereocenters. The molecule has 0 radical (unpaired) electrons. The molecule has 1 aromatic carbocycles. The fourth-order valence-corrected chi connectivity index (χ4v) is 1.75. The molecule has 116 valence electrons. The third-order valence-electron chi connectivity index (χ3n) is 2.86. The predicted octanol–water partition coefficient (Wildman–Crippen LogP) is 2.00. The normalized spacial score (nSPS) is 10.3. The van der Waals surface area contributed by atoms with E-state index in [1.807, 2.05) is 0 Å². The van der Waals surface area contributed by atoms with Gasteiger partial charge in [0.25, 0.3) is 0 Å². The van der Waals surface area contributed by atoms with Crippen molar-refractivity contribution in [1.82, 2.24) is 9.97 Å². The van der Waals surface area contributed by atoms with Gasteiger partial charge in [-0.1, -0.05) is 12.1 Å². The molecule has 1 aromatic heterocycles. The molecule has 2 aromatic rings. The van der Waals surface area contributed by atoms with E-state index in [1.54, 1.807) is 31.1 Å². The van der Waals surface area contributed by atoms with Gasteiger partial charge < -0.3 is 14.7 Å². The Morgan fingerprint density at radius 2 is 2.05 bits per heavy atom. The van der Waals surface area contributed by atoms with Crippen LogP contribution in [-0.2, 0) is 6.42 Å². The summed E-state index contributed by atoms with van der Waals surface area (Å²) in [5, 5.41) is 9.07. The molecule has 0 saturated heterocycles. The average molecular weight is 305 g/mol. The van der Waals surface area contributed by atoms with Gasteiger partial charge in [-0.3, -0.25) is 0 Å². The van der Waals surface area contributed by atoms with E-state index < -0.39 is 11.8 Å². The van der Waals surface area contributed by atoms with Crippen molar-refractivity contribution in [3.8, 4) is 5.75 Å². The molecule has 0 spiro atoms. The minimum absolute atomic E-state index is 0.0837. The number of carbonyl (C=O) groups is 1. The second-order valence-corrected chi connectivity index (χ2v) is 4.76. The first-order chi connectivity index (χ1) is 10.5. The number of para-hydroxylation sites is 1. The summed E-state index contributed by atoms with van der Waals surface area (Å²) in [5.74, 6) is -0.601. The fraction of sp³-hybridized carbons (Fsp3) is 0.267. The Balaban J connectivity index is 2.09. The topological polar surface area (TPSA) is 75.6 Å². The van der Waals surface area contributed by atoms with Crippen molar-refractivity contribution >= 4 is 11.8 Å². The SMILES string of the molecule is CN(C)c1cc(C(=O)O)nc(CCOc2ccccc2F)n1. The highest BCUT2D eigenvalue weighted by Gasteiger charge is 2.12. The molecule has 0 unspecified atom stereocenters. The van der Waals surface area contributed by atoms with Crippen LogP contribution in [0.1, 0.15) is 16.3 Å². The number of hydrogen-bond acceptors (Lipinski definition) is 5. The van der Waals surface area contributed by atoms with Gasteiger partial charge in [-0.15, -0.1) is 0 Å². The van der Waals surface area contributed by atoms with Crippen LogP contribution in [0.4, 0.5) is 10.2 Å². The van der Waals surface area contributed by atoms with E-state index in [1.165, 1.54) is 18.2 Å². The third kappa shape index (κ3) is 3.91. The number of hydrogen-bond donors (Lipinski definition) is 1. The van der Waals surface area contributed by atoms with Crippen LogP contribution in [0.15, 0.2) is 30.3 Å². The standard InChI is InChI=1S/C15H16FN3O3/c1-19(2)14-9-11(15(20)21)17-13(18-14)7-8-22-12-6-4-3-5-10(12)16/h3-6,9H,7-8H2,1-2H3,(H,20,21).